The van der Waals surface area contributed by atoms with Gasteiger partial charge in [-0.05, 0) is 25.1 Å². The van der Waals surface area contributed by atoms with E-state index < -0.39 is 28.0 Å². The number of ether oxygens (including phenoxy) is 1. The van der Waals surface area contributed by atoms with Gasteiger partial charge >= 0.3 is 11.9 Å². The lowest BCUT2D eigenvalue weighted by Crippen LogP contribution is -2.38. The van der Waals surface area contributed by atoms with Gasteiger partial charge < -0.3 is 9.84 Å². The van der Waals surface area contributed by atoms with Gasteiger partial charge in [-0.3, -0.25) is 4.79 Å². The van der Waals surface area contributed by atoms with E-state index >= 15 is 0 Å². The molecule has 0 aliphatic rings. The molecule has 0 heterocycles. The van der Waals surface area contributed by atoms with Crippen molar-refractivity contribution in [2.24, 2.45) is 0 Å². The van der Waals surface area contributed by atoms with Crippen molar-refractivity contribution in [3.05, 3.63) is 29.8 Å². The van der Waals surface area contributed by atoms with E-state index in [0.717, 1.165) is 6.07 Å². The molecule has 1 atom stereocenters. The second kappa shape index (κ2) is 5.81. The van der Waals surface area contributed by atoms with Crippen LogP contribution in [0.15, 0.2) is 29.2 Å². The number of hydrogen-bond acceptors (Lipinski definition) is 5. The Balaban J connectivity index is 3.08. The Morgan fingerprint density at radius 2 is 2.00 bits per heavy atom. The summed E-state index contributed by atoms with van der Waals surface area (Å²) < 4.78 is 30.2. The molecule has 7 nitrogen and oxygen atoms in total. The van der Waals surface area contributed by atoms with E-state index in [1.165, 1.54) is 32.2 Å². The number of aliphatic carboxylic acids is 1. The van der Waals surface area contributed by atoms with Gasteiger partial charge in [0, 0.05) is 0 Å². The third-order valence-corrected chi connectivity index (χ3v) is 3.81. The predicted molar refractivity (Wildman–Crippen MR) is 65.2 cm³/mol. The quantitative estimate of drug-likeness (QED) is 0.750. The molecule has 0 aliphatic heterocycles. The average molecular weight is 287 g/mol. The Kier molecular flexibility index (Phi) is 4.62. The lowest BCUT2D eigenvalue weighted by atomic mass is 10.2. The highest BCUT2D eigenvalue weighted by Gasteiger charge is 2.22. The summed E-state index contributed by atoms with van der Waals surface area (Å²) in [6, 6.07) is 3.86. The van der Waals surface area contributed by atoms with Gasteiger partial charge in [-0.25, -0.2) is 13.2 Å². The molecule has 104 valence electrons. The van der Waals surface area contributed by atoms with Gasteiger partial charge in [0.1, 0.15) is 6.04 Å². The number of sulfonamides is 1. The molecule has 0 saturated heterocycles. The molecule has 1 rings (SSSR count). The minimum Gasteiger partial charge on any atom is -0.480 e. The van der Waals surface area contributed by atoms with Crippen molar-refractivity contribution in [3.63, 3.8) is 0 Å². The van der Waals surface area contributed by atoms with Crippen LogP contribution in [-0.4, -0.2) is 38.6 Å². The minimum atomic E-state index is -4.01. The molecule has 1 aromatic rings. The lowest BCUT2D eigenvalue weighted by Gasteiger charge is -2.10. The van der Waals surface area contributed by atoms with Crippen LogP contribution >= 0.6 is 0 Å². The average Bonchev–Trinajstić information content (AvgIpc) is 2.37. The first-order valence-electron chi connectivity index (χ1n) is 5.21. The summed E-state index contributed by atoms with van der Waals surface area (Å²) in [5, 5.41) is 8.67. The van der Waals surface area contributed by atoms with Crippen LogP contribution in [0.4, 0.5) is 0 Å². The maximum Gasteiger partial charge on any atom is 0.337 e. The largest absolute Gasteiger partial charge is 0.480 e. The van der Waals surface area contributed by atoms with Gasteiger partial charge in [-0.1, -0.05) is 6.07 Å². The molecular weight excluding hydrogens is 274 g/mol. The maximum atomic E-state index is 11.9. The van der Waals surface area contributed by atoms with Gasteiger partial charge in [-0.15, -0.1) is 0 Å². The summed E-state index contributed by atoms with van der Waals surface area (Å²) in [6.45, 7) is 1.20. The molecule has 0 radical (unpaired) electrons. The molecule has 0 amide bonds. The van der Waals surface area contributed by atoms with E-state index in [4.69, 9.17) is 5.11 Å². The van der Waals surface area contributed by atoms with E-state index in [9.17, 15) is 18.0 Å². The van der Waals surface area contributed by atoms with E-state index in [0.29, 0.717) is 0 Å². The van der Waals surface area contributed by atoms with Crippen molar-refractivity contribution in [1.82, 2.24) is 4.72 Å². The lowest BCUT2D eigenvalue weighted by molar-refractivity contribution is -0.138. The Bertz CT molecular complexity index is 595. The number of rotatable bonds is 5. The minimum absolute atomic E-state index is 0.0633. The number of nitrogens with one attached hydrogen (secondary N) is 1. The number of carbonyl (C=O) groups excluding carboxylic acids is 1. The van der Waals surface area contributed by atoms with Crippen molar-refractivity contribution in [2.75, 3.05) is 7.11 Å². The third kappa shape index (κ3) is 3.76. The highest BCUT2D eigenvalue weighted by Crippen LogP contribution is 2.12. The van der Waals surface area contributed by atoms with Crippen molar-refractivity contribution >= 4 is 22.0 Å². The van der Waals surface area contributed by atoms with Gasteiger partial charge in [-0.2, -0.15) is 4.72 Å². The third-order valence-electron chi connectivity index (χ3n) is 2.27. The van der Waals surface area contributed by atoms with Crippen molar-refractivity contribution in [2.45, 2.75) is 17.9 Å². The van der Waals surface area contributed by atoms with Crippen LogP contribution in [0.2, 0.25) is 0 Å². The molecule has 0 aromatic heterocycles. The molecule has 19 heavy (non-hydrogen) atoms. The molecule has 8 heteroatoms. The van der Waals surface area contributed by atoms with Gasteiger partial charge in [0.15, 0.2) is 0 Å². The van der Waals surface area contributed by atoms with Crippen molar-refractivity contribution < 1.29 is 27.9 Å². The van der Waals surface area contributed by atoms with Gasteiger partial charge in [0.05, 0.1) is 17.6 Å². The Morgan fingerprint density at radius 1 is 1.37 bits per heavy atom. The fourth-order valence-electron chi connectivity index (χ4n) is 1.26. The summed E-state index contributed by atoms with van der Waals surface area (Å²) in [6.07, 6.45) is 0. The molecule has 0 spiro atoms. The zero-order valence-corrected chi connectivity index (χ0v) is 11.1. The molecule has 0 unspecified atom stereocenters. The van der Waals surface area contributed by atoms with Crippen molar-refractivity contribution in [1.29, 1.82) is 0 Å². The zero-order chi connectivity index (χ0) is 14.6. The van der Waals surface area contributed by atoms with Crippen LogP contribution < -0.4 is 4.72 Å². The fraction of sp³-hybridized carbons (Fsp3) is 0.273. The molecule has 2 N–H and O–H groups in total. The first-order valence-corrected chi connectivity index (χ1v) is 6.70. The number of carbonyl (C=O) groups is 2. The SMILES string of the molecule is COC(=O)c1cccc(S(=O)(=O)N[C@@H](C)C(=O)O)c1. The Labute approximate surface area is 110 Å². The van der Waals surface area contributed by atoms with Crippen LogP contribution in [0.1, 0.15) is 17.3 Å². The number of benzene rings is 1. The zero-order valence-electron chi connectivity index (χ0n) is 10.3. The Hall–Kier alpha value is -1.93. The summed E-state index contributed by atoms with van der Waals surface area (Å²) in [5.74, 6) is -1.98. The molecular formula is C11H13NO6S. The molecule has 0 bridgehead atoms. The van der Waals surface area contributed by atoms with Crippen LogP contribution in [0.25, 0.3) is 0 Å². The highest BCUT2D eigenvalue weighted by molar-refractivity contribution is 7.89. The molecule has 0 saturated carbocycles. The topological polar surface area (TPSA) is 110 Å². The van der Waals surface area contributed by atoms with Crippen LogP contribution in [-0.2, 0) is 19.6 Å². The summed E-state index contributed by atoms with van der Waals surface area (Å²) in [4.78, 5) is 21.7. The number of carboxylic acid groups (broad SMARTS) is 1. The van der Waals surface area contributed by atoms with Gasteiger partial charge in [0.2, 0.25) is 10.0 Å². The standard InChI is InChI=1S/C11H13NO6S/c1-7(10(13)14)12-19(16,17)9-5-3-4-8(6-9)11(15)18-2/h3-7,12H,1-2H3,(H,13,14)/t7-/m0/s1. The molecule has 0 fully saturated rings. The highest BCUT2D eigenvalue weighted by atomic mass is 32.2. The van der Waals surface area contributed by atoms with Gasteiger partial charge in [0.25, 0.3) is 0 Å². The van der Waals surface area contributed by atoms with E-state index in [1.54, 1.807) is 0 Å². The summed E-state index contributed by atoms with van der Waals surface area (Å²) >= 11 is 0. The summed E-state index contributed by atoms with van der Waals surface area (Å²) in [7, 11) is -2.83. The second-order valence-electron chi connectivity index (χ2n) is 3.70. The van der Waals surface area contributed by atoms with E-state index in [-0.39, 0.29) is 10.5 Å². The number of methoxy groups -OCH3 is 1. The molecule has 1 aromatic carbocycles. The second-order valence-corrected chi connectivity index (χ2v) is 5.41. The number of carboxylic acids is 1. The Morgan fingerprint density at radius 3 is 2.53 bits per heavy atom. The summed E-state index contributed by atoms with van der Waals surface area (Å²) in [5.41, 5.74) is 0.0633. The maximum absolute atomic E-state index is 11.9. The number of esters is 1. The number of hydrogen-bond donors (Lipinski definition) is 2. The first kappa shape index (κ1) is 15.1. The van der Waals surface area contributed by atoms with Crippen LogP contribution in [0.5, 0.6) is 0 Å². The molecule has 0 aliphatic carbocycles. The van der Waals surface area contributed by atoms with Crippen molar-refractivity contribution in [3.8, 4) is 0 Å². The van der Waals surface area contributed by atoms with E-state index in [2.05, 4.69) is 4.74 Å². The fourth-order valence-corrected chi connectivity index (χ4v) is 2.50. The smallest absolute Gasteiger partial charge is 0.337 e. The van der Waals surface area contributed by atoms with Crippen LogP contribution in [0, 0.1) is 0 Å². The van der Waals surface area contributed by atoms with E-state index in [1.807, 2.05) is 4.72 Å². The van der Waals surface area contributed by atoms with Crippen LogP contribution in [0.3, 0.4) is 0 Å². The first-order chi connectivity index (χ1) is 8.77. The predicted octanol–water partition coefficient (Wildman–Crippen LogP) is 0.225. The monoisotopic (exact) mass is 287 g/mol. The normalized spacial score (nSPS) is 12.7.